The highest BCUT2D eigenvalue weighted by Crippen LogP contribution is 2.30. The lowest BCUT2D eigenvalue weighted by Gasteiger charge is -2.08. The second-order valence-corrected chi connectivity index (χ2v) is 7.83. The fraction of sp³-hybridized carbons (Fsp3) is 0.118. The molecule has 4 aromatic rings. The highest BCUT2D eigenvalue weighted by atomic mass is 32.2. The Balaban J connectivity index is 1.64. The predicted octanol–water partition coefficient (Wildman–Crippen LogP) is 2.59. The second-order valence-electron chi connectivity index (χ2n) is 5.78. The van der Waals surface area contributed by atoms with E-state index in [9.17, 15) is 4.79 Å². The number of anilines is 1. The van der Waals surface area contributed by atoms with Gasteiger partial charge in [-0.1, -0.05) is 11.8 Å². The maximum Gasteiger partial charge on any atom is 0.278 e. The van der Waals surface area contributed by atoms with Gasteiger partial charge >= 0.3 is 0 Å². The number of amides is 1. The van der Waals surface area contributed by atoms with Crippen LogP contribution in [0.3, 0.4) is 0 Å². The van der Waals surface area contributed by atoms with Crippen molar-refractivity contribution in [3.05, 3.63) is 54.5 Å². The molecule has 0 aliphatic heterocycles. The van der Waals surface area contributed by atoms with Gasteiger partial charge < -0.3 is 5.32 Å². The molecule has 2 N–H and O–H groups in total. The number of carbonyl (C=O) groups excluding carboxylic acids is 1. The molecule has 146 valence electrons. The monoisotopic (exact) mass is 425 g/mol. The first-order chi connectivity index (χ1) is 14.1. The normalized spacial score (nSPS) is 10.8. The summed E-state index contributed by atoms with van der Waals surface area (Å²) in [5.74, 6) is 0.724. The van der Waals surface area contributed by atoms with Crippen molar-refractivity contribution in [2.45, 2.75) is 27.0 Å². The largest absolute Gasteiger partial charge is 0.304 e. The second kappa shape index (κ2) is 8.41. The van der Waals surface area contributed by atoms with Crippen molar-refractivity contribution in [3.8, 4) is 0 Å². The van der Waals surface area contributed by atoms with Gasteiger partial charge in [-0.05, 0) is 30.8 Å². The molecule has 4 aromatic heterocycles. The van der Waals surface area contributed by atoms with E-state index in [-0.39, 0.29) is 5.69 Å². The van der Waals surface area contributed by atoms with E-state index < -0.39 is 5.91 Å². The van der Waals surface area contributed by atoms with Gasteiger partial charge in [0.15, 0.2) is 11.5 Å². The number of aromatic amines is 1. The van der Waals surface area contributed by atoms with E-state index in [0.717, 1.165) is 4.90 Å². The lowest BCUT2D eigenvalue weighted by Crippen LogP contribution is -2.16. The molecule has 0 saturated heterocycles. The Hall–Kier alpha value is -3.25. The SMILES string of the molecule is Cc1nc(Sc2cnc(Sc3ccncc3)c(C(=O)Nc3ccn(C)n3)n2)n[nH]1. The van der Waals surface area contributed by atoms with Crippen LogP contribution in [0.4, 0.5) is 5.82 Å². The molecule has 0 radical (unpaired) electrons. The van der Waals surface area contributed by atoms with E-state index in [1.807, 2.05) is 19.1 Å². The van der Waals surface area contributed by atoms with Crippen LogP contribution in [0, 0.1) is 6.92 Å². The fourth-order valence-corrected chi connectivity index (χ4v) is 3.79. The lowest BCUT2D eigenvalue weighted by atomic mass is 10.4. The van der Waals surface area contributed by atoms with Gasteiger partial charge in [0.25, 0.3) is 5.91 Å². The van der Waals surface area contributed by atoms with Crippen molar-refractivity contribution in [3.63, 3.8) is 0 Å². The molecule has 0 atom stereocenters. The third-order valence-corrected chi connectivity index (χ3v) is 5.29. The van der Waals surface area contributed by atoms with E-state index in [1.54, 1.807) is 42.6 Å². The van der Waals surface area contributed by atoms with E-state index in [1.165, 1.54) is 23.5 Å². The quantitative estimate of drug-likeness (QED) is 0.479. The number of hydrogen-bond donors (Lipinski definition) is 2. The highest BCUT2D eigenvalue weighted by Gasteiger charge is 2.19. The first kappa shape index (κ1) is 19.1. The van der Waals surface area contributed by atoms with E-state index in [4.69, 9.17) is 0 Å². The van der Waals surface area contributed by atoms with Crippen LogP contribution >= 0.6 is 23.5 Å². The summed E-state index contributed by atoms with van der Waals surface area (Å²) < 4.78 is 1.60. The minimum absolute atomic E-state index is 0.190. The number of H-pyrrole nitrogens is 1. The summed E-state index contributed by atoms with van der Waals surface area (Å²) in [6.45, 7) is 1.81. The highest BCUT2D eigenvalue weighted by molar-refractivity contribution is 7.99. The molecule has 12 heteroatoms. The molecule has 0 spiro atoms. The summed E-state index contributed by atoms with van der Waals surface area (Å²) >= 11 is 2.55. The van der Waals surface area contributed by atoms with Crippen LogP contribution in [-0.2, 0) is 7.05 Å². The average Bonchev–Trinajstić information content (AvgIpc) is 3.31. The summed E-state index contributed by atoms with van der Waals surface area (Å²) in [4.78, 5) is 31.0. The summed E-state index contributed by atoms with van der Waals surface area (Å²) in [6, 6.07) is 5.38. The smallest absolute Gasteiger partial charge is 0.278 e. The molecule has 0 unspecified atom stereocenters. The van der Waals surface area contributed by atoms with Crippen molar-refractivity contribution < 1.29 is 4.79 Å². The molecule has 4 rings (SSSR count). The maximum atomic E-state index is 12.9. The van der Waals surface area contributed by atoms with Crippen LogP contribution in [0.2, 0.25) is 0 Å². The molecule has 0 aliphatic rings. The first-order valence-corrected chi connectivity index (χ1v) is 10.0. The zero-order valence-corrected chi connectivity index (χ0v) is 17.0. The third-order valence-electron chi connectivity index (χ3n) is 3.52. The number of pyridine rings is 1. The average molecular weight is 426 g/mol. The van der Waals surface area contributed by atoms with Crippen LogP contribution in [0.15, 0.2) is 63.1 Å². The van der Waals surface area contributed by atoms with Crippen LogP contribution < -0.4 is 5.32 Å². The van der Waals surface area contributed by atoms with Crippen molar-refractivity contribution >= 4 is 35.2 Å². The topological polar surface area (TPSA) is 127 Å². The number of nitrogens with zero attached hydrogens (tertiary/aromatic N) is 7. The third kappa shape index (κ3) is 4.78. The van der Waals surface area contributed by atoms with Crippen LogP contribution in [-0.4, -0.2) is 45.8 Å². The van der Waals surface area contributed by atoms with Crippen molar-refractivity contribution in [1.82, 2.24) is 39.9 Å². The molecule has 0 aromatic carbocycles. The van der Waals surface area contributed by atoms with E-state index in [0.29, 0.717) is 26.9 Å². The molecule has 1 amide bonds. The number of aromatic nitrogens is 8. The van der Waals surface area contributed by atoms with Gasteiger partial charge in [-0.3, -0.25) is 19.6 Å². The molecular formula is C17H15N9OS2. The Morgan fingerprint density at radius 3 is 2.69 bits per heavy atom. The van der Waals surface area contributed by atoms with E-state index >= 15 is 0 Å². The van der Waals surface area contributed by atoms with Crippen molar-refractivity contribution in [2.75, 3.05) is 5.32 Å². The molecule has 0 fully saturated rings. The summed E-state index contributed by atoms with van der Waals surface area (Å²) in [5.41, 5.74) is 0.190. The maximum absolute atomic E-state index is 12.9. The molecule has 0 bridgehead atoms. The minimum atomic E-state index is -0.402. The van der Waals surface area contributed by atoms with Gasteiger partial charge in [-0.15, -0.1) is 5.10 Å². The first-order valence-electron chi connectivity index (χ1n) is 8.39. The molecule has 10 nitrogen and oxygen atoms in total. The van der Waals surface area contributed by atoms with Crippen LogP contribution in [0.5, 0.6) is 0 Å². The molecule has 0 saturated carbocycles. The Labute approximate surface area is 174 Å². The molecule has 4 heterocycles. The Morgan fingerprint density at radius 1 is 1.17 bits per heavy atom. The summed E-state index contributed by atoms with van der Waals surface area (Å²) in [7, 11) is 1.77. The van der Waals surface area contributed by atoms with Gasteiger partial charge in [0.2, 0.25) is 5.16 Å². The zero-order chi connectivity index (χ0) is 20.2. The van der Waals surface area contributed by atoms with Gasteiger partial charge in [0.05, 0.1) is 6.20 Å². The summed E-state index contributed by atoms with van der Waals surface area (Å²) in [5, 5.41) is 15.3. The minimum Gasteiger partial charge on any atom is -0.304 e. The fourth-order valence-electron chi connectivity index (χ4n) is 2.27. The Morgan fingerprint density at radius 2 is 2.00 bits per heavy atom. The number of aryl methyl sites for hydroxylation is 2. The van der Waals surface area contributed by atoms with Gasteiger partial charge in [0.1, 0.15) is 15.9 Å². The van der Waals surface area contributed by atoms with Crippen molar-refractivity contribution in [2.24, 2.45) is 7.05 Å². The molecular weight excluding hydrogens is 410 g/mol. The predicted molar refractivity (Wildman–Crippen MR) is 107 cm³/mol. The number of rotatable bonds is 6. The van der Waals surface area contributed by atoms with Crippen LogP contribution in [0.25, 0.3) is 0 Å². The van der Waals surface area contributed by atoms with Gasteiger partial charge in [0, 0.05) is 36.6 Å². The van der Waals surface area contributed by atoms with Crippen LogP contribution in [0.1, 0.15) is 16.3 Å². The number of nitrogens with one attached hydrogen (secondary N) is 2. The molecule has 29 heavy (non-hydrogen) atoms. The number of carbonyl (C=O) groups is 1. The van der Waals surface area contributed by atoms with E-state index in [2.05, 4.69) is 40.5 Å². The Kier molecular flexibility index (Phi) is 5.53. The summed E-state index contributed by atoms with van der Waals surface area (Å²) in [6.07, 6.45) is 6.70. The standard InChI is InChI=1S/C17H15N9OS2/c1-10-20-17(24-23-10)29-13-9-19-16(28-11-3-6-18-7-4-11)14(22-13)15(27)21-12-5-8-26(2)25-12/h3-9H,1-2H3,(H,20,23,24)(H,21,25,27). The zero-order valence-electron chi connectivity index (χ0n) is 15.4. The van der Waals surface area contributed by atoms with Gasteiger partial charge in [-0.2, -0.15) is 5.10 Å². The van der Waals surface area contributed by atoms with Crippen molar-refractivity contribution in [1.29, 1.82) is 0 Å². The van der Waals surface area contributed by atoms with Gasteiger partial charge in [-0.25, -0.2) is 15.0 Å². The molecule has 0 aliphatic carbocycles. The lowest BCUT2D eigenvalue weighted by molar-refractivity contribution is 0.101. The Bertz CT molecular complexity index is 1140. The number of hydrogen-bond acceptors (Lipinski definition) is 9.